The van der Waals surface area contributed by atoms with Crippen molar-refractivity contribution in [3.05, 3.63) is 24.3 Å². The summed E-state index contributed by atoms with van der Waals surface area (Å²) < 4.78 is 9.59. The molecule has 3 aromatic rings. The highest BCUT2D eigenvalue weighted by Crippen LogP contribution is 2.34. The van der Waals surface area contributed by atoms with Gasteiger partial charge in [0.1, 0.15) is 29.7 Å². The molecule has 4 heterocycles. The highest BCUT2D eigenvalue weighted by atomic mass is 16.5. The van der Waals surface area contributed by atoms with E-state index in [1.165, 1.54) is 6.07 Å². The molecular formula is C16H18N6O2. The predicted molar refractivity (Wildman–Crippen MR) is 86.8 cm³/mol. The zero-order valence-electron chi connectivity index (χ0n) is 13.8. The molecule has 0 spiro atoms. The number of aromatic nitrogens is 6. The molecule has 0 aromatic carbocycles. The first-order valence-corrected chi connectivity index (χ1v) is 7.86. The second kappa shape index (κ2) is 5.33. The molecule has 8 heteroatoms. The van der Waals surface area contributed by atoms with Gasteiger partial charge in [-0.3, -0.25) is 0 Å². The number of imidazole rings is 1. The average Bonchev–Trinajstić information content (AvgIpc) is 3.07. The van der Waals surface area contributed by atoms with Crippen LogP contribution in [0.25, 0.3) is 22.9 Å². The summed E-state index contributed by atoms with van der Waals surface area (Å²) in [7, 11) is 0. The Kier molecular flexibility index (Phi) is 3.26. The molecule has 0 atom stereocenters. The first-order chi connectivity index (χ1) is 11.5. The van der Waals surface area contributed by atoms with Crippen molar-refractivity contribution in [1.29, 1.82) is 0 Å². The van der Waals surface area contributed by atoms with Crippen LogP contribution in [-0.2, 0) is 6.54 Å². The molecule has 3 aromatic heterocycles. The number of aryl methyl sites for hydroxylation is 1. The molecule has 24 heavy (non-hydrogen) atoms. The van der Waals surface area contributed by atoms with Crippen LogP contribution >= 0.6 is 0 Å². The largest absolute Gasteiger partial charge is 0.493 e. The maximum absolute atomic E-state index is 9.57. The lowest BCUT2D eigenvalue weighted by Crippen LogP contribution is -2.06. The standard InChI is InChI=1S/C16H18N6O2/c1-9(2)22-16(18-10(3)20-22)12-8-21-4-5-24-13-6-14(23)17-7-11(13)15(21)19-12/h6-9H,4-5H2,1-3H3,(H,17,23). The van der Waals surface area contributed by atoms with Crippen molar-refractivity contribution in [2.75, 3.05) is 6.61 Å². The van der Waals surface area contributed by atoms with Gasteiger partial charge in [0.2, 0.25) is 5.88 Å². The van der Waals surface area contributed by atoms with E-state index in [0.717, 1.165) is 28.7 Å². The van der Waals surface area contributed by atoms with Gasteiger partial charge in [-0.05, 0) is 20.8 Å². The van der Waals surface area contributed by atoms with Crippen molar-refractivity contribution in [3.63, 3.8) is 0 Å². The van der Waals surface area contributed by atoms with Crippen molar-refractivity contribution in [1.82, 2.24) is 29.3 Å². The molecule has 1 aliphatic heterocycles. The molecule has 4 rings (SSSR count). The van der Waals surface area contributed by atoms with Gasteiger partial charge in [-0.25, -0.2) is 19.6 Å². The third-order valence-corrected chi connectivity index (χ3v) is 3.91. The molecule has 0 aliphatic carbocycles. The molecule has 8 nitrogen and oxygen atoms in total. The summed E-state index contributed by atoms with van der Waals surface area (Å²) >= 11 is 0. The molecule has 124 valence electrons. The Bertz CT molecular complexity index is 911. The number of fused-ring (bicyclic) bond motifs is 3. The van der Waals surface area contributed by atoms with Crippen molar-refractivity contribution in [2.24, 2.45) is 0 Å². The number of hydrogen-bond donors (Lipinski definition) is 1. The van der Waals surface area contributed by atoms with E-state index in [4.69, 9.17) is 9.72 Å². The zero-order chi connectivity index (χ0) is 16.8. The van der Waals surface area contributed by atoms with Crippen LogP contribution in [0.4, 0.5) is 0 Å². The van der Waals surface area contributed by atoms with Crippen LogP contribution < -0.4 is 4.74 Å². The third-order valence-electron chi connectivity index (χ3n) is 3.91. The average molecular weight is 326 g/mol. The fraction of sp³-hybridized carbons (Fsp3) is 0.375. The van der Waals surface area contributed by atoms with Gasteiger partial charge in [-0.2, -0.15) is 5.10 Å². The Labute approximate surface area is 138 Å². The van der Waals surface area contributed by atoms with Gasteiger partial charge in [-0.15, -0.1) is 0 Å². The quantitative estimate of drug-likeness (QED) is 0.776. The van der Waals surface area contributed by atoms with E-state index in [1.54, 1.807) is 6.20 Å². The molecule has 0 radical (unpaired) electrons. The number of pyridine rings is 1. The molecule has 0 saturated carbocycles. The van der Waals surface area contributed by atoms with Gasteiger partial charge in [-0.1, -0.05) is 0 Å². The lowest BCUT2D eigenvalue weighted by Gasteiger charge is -2.07. The Hall–Kier alpha value is -2.90. The molecule has 0 unspecified atom stereocenters. The summed E-state index contributed by atoms with van der Waals surface area (Å²) in [5.74, 6) is 2.74. The summed E-state index contributed by atoms with van der Waals surface area (Å²) in [5, 5.41) is 14.0. The molecule has 1 aliphatic rings. The fourth-order valence-corrected chi connectivity index (χ4v) is 2.84. The SMILES string of the molecule is Cc1nc(-c2cn3c(n2)-c2cnc(O)cc2OCC3)n(C(C)C)n1. The van der Waals surface area contributed by atoms with Crippen molar-refractivity contribution in [2.45, 2.75) is 33.4 Å². The summed E-state index contributed by atoms with van der Waals surface area (Å²) in [6.45, 7) is 7.16. The van der Waals surface area contributed by atoms with E-state index in [0.29, 0.717) is 18.9 Å². The van der Waals surface area contributed by atoms with Gasteiger partial charge in [0.05, 0.1) is 12.1 Å². The molecule has 1 N–H and O–H groups in total. The van der Waals surface area contributed by atoms with Crippen LogP contribution in [0.3, 0.4) is 0 Å². The first-order valence-electron chi connectivity index (χ1n) is 7.86. The molecule has 0 bridgehead atoms. The van der Waals surface area contributed by atoms with E-state index in [1.807, 2.05) is 22.4 Å². The normalized spacial score (nSPS) is 13.3. The Balaban J connectivity index is 1.87. The topological polar surface area (TPSA) is 90.9 Å². The van der Waals surface area contributed by atoms with E-state index >= 15 is 0 Å². The van der Waals surface area contributed by atoms with Crippen LogP contribution in [0.2, 0.25) is 0 Å². The highest BCUT2D eigenvalue weighted by molar-refractivity contribution is 5.67. The summed E-state index contributed by atoms with van der Waals surface area (Å²) in [4.78, 5) is 13.2. The summed E-state index contributed by atoms with van der Waals surface area (Å²) in [6, 6.07) is 1.71. The predicted octanol–water partition coefficient (Wildman–Crippen LogP) is 2.19. The van der Waals surface area contributed by atoms with E-state index < -0.39 is 0 Å². The summed E-state index contributed by atoms with van der Waals surface area (Å²) in [6.07, 6.45) is 3.54. The second-order valence-electron chi connectivity index (χ2n) is 6.05. The van der Waals surface area contributed by atoms with E-state index in [-0.39, 0.29) is 11.9 Å². The third kappa shape index (κ3) is 2.31. The maximum Gasteiger partial charge on any atom is 0.214 e. The van der Waals surface area contributed by atoms with Gasteiger partial charge in [0.25, 0.3) is 0 Å². The van der Waals surface area contributed by atoms with E-state index in [2.05, 4.69) is 28.9 Å². The lowest BCUT2D eigenvalue weighted by atomic mass is 10.2. The highest BCUT2D eigenvalue weighted by Gasteiger charge is 2.22. The van der Waals surface area contributed by atoms with Crippen molar-refractivity contribution >= 4 is 0 Å². The molecular weight excluding hydrogens is 308 g/mol. The lowest BCUT2D eigenvalue weighted by molar-refractivity contribution is 0.304. The number of rotatable bonds is 2. The fourth-order valence-electron chi connectivity index (χ4n) is 2.84. The Morgan fingerprint density at radius 3 is 2.88 bits per heavy atom. The second-order valence-corrected chi connectivity index (χ2v) is 6.05. The number of hydrogen-bond acceptors (Lipinski definition) is 6. The first kappa shape index (κ1) is 14.7. The minimum atomic E-state index is -0.0656. The smallest absolute Gasteiger partial charge is 0.214 e. The monoisotopic (exact) mass is 326 g/mol. The van der Waals surface area contributed by atoms with Crippen molar-refractivity contribution < 1.29 is 9.84 Å². The molecule has 0 amide bonds. The van der Waals surface area contributed by atoms with Gasteiger partial charge < -0.3 is 14.4 Å². The van der Waals surface area contributed by atoms with Gasteiger partial charge in [0.15, 0.2) is 5.82 Å². The van der Waals surface area contributed by atoms with Crippen LogP contribution in [-0.4, -0.2) is 41.0 Å². The van der Waals surface area contributed by atoms with Crippen LogP contribution in [0, 0.1) is 6.92 Å². The van der Waals surface area contributed by atoms with Crippen LogP contribution in [0.15, 0.2) is 18.5 Å². The summed E-state index contributed by atoms with van der Waals surface area (Å²) in [5.41, 5.74) is 1.52. The maximum atomic E-state index is 9.57. The van der Waals surface area contributed by atoms with Gasteiger partial charge in [0, 0.05) is 24.5 Å². The zero-order valence-corrected chi connectivity index (χ0v) is 13.8. The van der Waals surface area contributed by atoms with Crippen LogP contribution in [0.5, 0.6) is 11.6 Å². The van der Waals surface area contributed by atoms with Gasteiger partial charge >= 0.3 is 0 Å². The number of ether oxygens (including phenoxy) is 1. The van der Waals surface area contributed by atoms with Crippen molar-refractivity contribution in [3.8, 4) is 34.5 Å². The molecule has 0 fully saturated rings. The molecule has 0 saturated heterocycles. The number of nitrogens with zero attached hydrogens (tertiary/aromatic N) is 6. The number of aromatic hydroxyl groups is 1. The van der Waals surface area contributed by atoms with Crippen LogP contribution in [0.1, 0.15) is 25.7 Å². The van der Waals surface area contributed by atoms with E-state index in [9.17, 15) is 5.11 Å². The minimum absolute atomic E-state index is 0.0656. The minimum Gasteiger partial charge on any atom is -0.493 e. The Morgan fingerprint density at radius 1 is 1.25 bits per heavy atom. The Morgan fingerprint density at radius 2 is 2.08 bits per heavy atom.